The van der Waals surface area contributed by atoms with Gasteiger partial charge in [0, 0.05) is 12.1 Å². The predicted octanol–water partition coefficient (Wildman–Crippen LogP) is 2.83. The van der Waals surface area contributed by atoms with Crippen molar-refractivity contribution < 1.29 is 23.7 Å². The molecule has 0 unspecified atom stereocenters. The second-order valence-corrected chi connectivity index (χ2v) is 5.71. The largest absolute Gasteiger partial charge is 0.497 e. The fourth-order valence-electron chi connectivity index (χ4n) is 2.34. The molecule has 0 fully saturated rings. The molecule has 0 aliphatic heterocycles. The summed E-state index contributed by atoms with van der Waals surface area (Å²) in [7, 11) is 4.77. The van der Waals surface area contributed by atoms with Crippen LogP contribution in [0.4, 0.5) is 0 Å². The van der Waals surface area contributed by atoms with Crippen LogP contribution in [0.2, 0.25) is 0 Å². The molecule has 0 saturated carbocycles. The Morgan fingerprint density at radius 2 is 1.59 bits per heavy atom. The predicted molar refractivity (Wildman–Crippen MR) is 103 cm³/mol. The lowest BCUT2D eigenvalue weighted by atomic mass is 10.1. The Morgan fingerprint density at radius 3 is 2.22 bits per heavy atom. The average molecular weight is 372 g/mol. The van der Waals surface area contributed by atoms with Gasteiger partial charge in [0.2, 0.25) is 0 Å². The van der Waals surface area contributed by atoms with Crippen LogP contribution in [0.5, 0.6) is 23.0 Å². The molecule has 2 aromatic rings. The molecule has 0 saturated heterocycles. The maximum Gasteiger partial charge on any atom is 0.277 e. The van der Waals surface area contributed by atoms with Gasteiger partial charge in [-0.1, -0.05) is 6.07 Å². The first-order chi connectivity index (χ1) is 13.0. The zero-order valence-corrected chi connectivity index (χ0v) is 15.9. The van der Waals surface area contributed by atoms with E-state index in [4.69, 9.17) is 18.9 Å². The standard InChI is InChI=1S/C20H24N2O5/c1-14(11-15-5-10-18(25-3)19(12-15)26-4)21-22-20(23)13-27-17-8-6-16(24-2)7-9-17/h5-10,12H,11,13H2,1-4H3,(H,22,23)/b21-14+. The van der Waals surface area contributed by atoms with Crippen molar-refractivity contribution in [3.63, 3.8) is 0 Å². The molecule has 1 amide bonds. The normalized spacial score (nSPS) is 10.9. The van der Waals surface area contributed by atoms with Gasteiger partial charge >= 0.3 is 0 Å². The summed E-state index contributed by atoms with van der Waals surface area (Å²) in [4.78, 5) is 11.9. The molecule has 0 radical (unpaired) electrons. The van der Waals surface area contributed by atoms with Gasteiger partial charge < -0.3 is 18.9 Å². The summed E-state index contributed by atoms with van der Waals surface area (Å²) < 4.78 is 21.0. The minimum absolute atomic E-state index is 0.126. The molecule has 0 spiro atoms. The molecule has 0 atom stereocenters. The highest BCUT2D eigenvalue weighted by atomic mass is 16.5. The molecule has 1 N–H and O–H groups in total. The van der Waals surface area contributed by atoms with Gasteiger partial charge in [-0.25, -0.2) is 5.43 Å². The van der Waals surface area contributed by atoms with Crippen molar-refractivity contribution in [2.45, 2.75) is 13.3 Å². The fraction of sp³-hybridized carbons (Fsp3) is 0.300. The van der Waals surface area contributed by atoms with E-state index < -0.39 is 0 Å². The third-order valence-electron chi connectivity index (χ3n) is 3.71. The molecule has 0 bridgehead atoms. The molecular weight excluding hydrogens is 348 g/mol. The summed E-state index contributed by atoms with van der Waals surface area (Å²) >= 11 is 0. The van der Waals surface area contributed by atoms with E-state index in [-0.39, 0.29) is 12.5 Å². The number of benzene rings is 2. The van der Waals surface area contributed by atoms with Crippen molar-refractivity contribution in [3.05, 3.63) is 48.0 Å². The van der Waals surface area contributed by atoms with E-state index in [0.29, 0.717) is 23.7 Å². The SMILES string of the molecule is COc1ccc(OCC(=O)N/N=C(\C)Cc2ccc(OC)c(OC)c2)cc1. The molecule has 0 aliphatic rings. The Labute approximate surface area is 158 Å². The lowest BCUT2D eigenvalue weighted by Gasteiger charge is -2.09. The number of hydrogen-bond acceptors (Lipinski definition) is 6. The Morgan fingerprint density at radius 1 is 0.926 bits per heavy atom. The summed E-state index contributed by atoms with van der Waals surface area (Å²) in [5.74, 6) is 2.29. The van der Waals surface area contributed by atoms with Crippen LogP contribution < -0.4 is 24.4 Å². The minimum atomic E-state index is -0.336. The Hall–Kier alpha value is -3.22. The molecule has 0 aliphatic carbocycles. The smallest absolute Gasteiger partial charge is 0.277 e. The van der Waals surface area contributed by atoms with Gasteiger partial charge in [0.15, 0.2) is 18.1 Å². The van der Waals surface area contributed by atoms with Crippen LogP contribution in [0.3, 0.4) is 0 Å². The molecule has 7 nitrogen and oxygen atoms in total. The van der Waals surface area contributed by atoms with Gasteiger partial charge in [-0.2, -0.15) is 5.10 Å². The Kier molecular flexibility index (Phi) is 7.49. The number of nitrogens with one attached hydrogen (secondary N) is 1. The lowest BCUT2D eigenvalue weighted by molar-refractivity contribution is -0.123. The Balaban J connectivity index is 1.84. The van der Waals surface area contributed by atoms with E-state index in [2.05, 4.69) is 10.5 Å². The van der Waals surface area contributed by atoms with E-state index in [1.165, 1.54) is 0 Å². The molecular formula is C20H24N2O5. The molecule has 0 aromatic heterocycles. The summed E-state index contributed by atoms with van der Waals surface area (Å²) in [5, 5.41) is 4.10. The summed E-state index contributed by atoms with van der Waals surface area (Å²) in [6.45, 7) is 1.71. The molecule has 2 rings (SSSR count). The number of hydrazone groups is 1. The number of carbonyl (C=O) groups excluding carboxylic acids is 1. The molecule has 27 heavy (non-hydrogen) atoms. The number of rotatable bonds is 9. The van der Waals surface area contributed by atoms with Gasteiger partial charge in [0.1, 0.15) is 11.5 Å². The van der Waals surface area contributed by atoms with E-state index in [1.54, 1.807) is 45.6 Å². The maximum absolute atomic E-state index is 11.9. The van der Waals surface area contributed by atoms with Crippen LogP contribution in [0, 0.1) is 0 Å². The second kappa shape index (κ2) is 10.1. The highest BCUT2D eigenvalue weighted by Gasteiger charge is 2.06. The zero-order chi connectivity index (χ0) is 19.6. The number of ether oxygens (including phenoxy) is 4. The van der Waals surface area contributed by atoms with Crippen molar-refractivity contribution in [2.75, 3.05) is 27.9 Å². The van der Waals surface area contributed by atoms with Crippen LogP contribution in [-0.4, -0.2) is 39.6 Å². The Bertz CT molecular complexity index is 787. The van der Waals surface area contributed by atoms with Crippen LogP contribution in [-0.2, 0) is 11.2 Å². The van der Waals surface area contributed by atoms with Crippen molar-refractivity contribution in [3.8, 4) is 23.0 Å². The number of amides is 1. The van der Waals surface area contributed by atoms with Gasteiger partial charge in [-0.3, -0.25) is 4.79 Å². The first-order valence-electron chi connectivity index (χ1n) is 8.35. The molecule has 144 valence electrons. The van der Waals surface area contributed by atoms with Gasteiger partial charge in [0.25, 0.3) is 5.91 Å². The van der Waals surface area contributed by atoms with Crippen molar-refractivity contribution in [1.82, 2.24) is 5.43 Å². The number of methoxy groups -OCH3 is 3. The van der Waals surface area contributed by atoms with Crippen LogP contribution >= 0.6 is 0 Å². The van der Waals surface area contributed by atoms with Crippen LogP contribution in [0.15, 0.2) is 47.6 Å². The molecule has 7 heteroatoms. The van der Waals surface area contributed by atoms with Crippen LogP contribution in [0.1, 0.15) is 12.5 Å². The topological polar surface area (TPSA) is 78.4 Å². The number of carbonyl (C=O) groups is 1. The van der Waals surface area contributed by atoms with Crippen molar-refractivity contribution >= 4 is 11.6 Å². The van der Waals surface area contributed by atoms with Gasteiger partial charge in [-0.05, 0) is 48.9 Å². The van der Waals surface area contributed by atoms with E-state index >= 15 is 0 Å². The maximum atomic E-state index is 11.9. The average Bonchev–Trinajstić information content (AvgIpc) is 2.70. The summed E-state index contributed by atoms with van der Waals surface area (Å²) in [6.07, 6.45) is 0.569. The third-order valence-corrected chi connectivity index (χ3v) is 3.71. The monoisotopic (exact) mass is 372 g/mol. The number of hydrogen-bond donors (Lipinski definition) is 1. The third kappa shape index (κ3) is 6.22. The summed E-state index contributed by atoms with van der Waals surface area (Å²) in [6, 6.07) is 12.6. The van der Waals surface area contributed by atoms with Gasteiger partial charge in [0.05, 0.1) is 21.3 Å². The second-order valence-electron chi connectivity index (χ2n) is 5.71. The van der Waals surface area contributed by atoms with E-state index in [9.17, 15) is 4.79 Å². The van der Waals surface area contributed by atoms with E-state index in [1.807, 2.05) is 25.1 Å². The number of nitrogens with zero attached hydrogens (tertiary/aromatic N) is 1. The zero-order valence-electron chi connectivity index (χ0n) is 15.9. The molecule has 2 aromatic carbocycles. The first kappa shape index (κ1) is 20.1. The summed E-state index contributed by atoms with van der Waals surface area (Å²) in [5.41, 5.74) is 4.24. The highest BCUT2D eigenvalue weighted by molar-refractivity contribution is 5.86. The molecule has 0 heterocycles. The quantitative estimate of drug-likeness (QED) is 0.541. The van der Waals surface area contributed by atoms with Crippen molar-refractivity contribution in [1.29, 1.82) is 0 Å². The van der Waals surface area contributed by atoms with Crippen molar-refractivity contribution in [2.24, 2.45) is 5.10 Å². The fourth-order valence-corrected chi connectivity index (χ4v) is 2.34. The first-order valence-corrected chi connectivity index (χ1v) is 8.35. The van der Waals surface area contributed by atoms with Crippen LogP contribution in [0.25, 0.3) is 0 Å². The van der Waals surface area contributed by atoms with E-state index in [0.717, 1.165) is 17.0 Å². The van der Waals surface area contributed by atoms with Gasteiger partial charge in [-0.15, -0.1) is 0 Å². The minimum Gasteiger partial charge on any atom is -0.497 e. The lowest BCUT2D eigenvalue weighted by Crippen LogP contribution is -2.25. The highest BCUT2D eigenvalue weighted by Crippen LogP contribution is 2.27.